The number of carboxylic acid groups (broad SMARTS) is 1. The lowest BCUT2D eigenvalue weighted by molar-refractivity contribution is -0.147. The molecule has 2 rings (SSSR count). The third-order valence-corrected chi connectivity index (χ3v) is 4.80. The lowest BCUT2D eigenvalue weighted by Gasteiger charge is -2.32. The van der Waals surface area contributed by atoms with Gasteiger partial charge in [0, 0.05) is 13.1 Å². The molecule has 3 atom stereocenters. The molecule has 1 aliphatic rings. The first-order chi connectivity index (χ1) is 11.4. The number of hydrogen-bond acceptors (Lipinski definition) is 3. The van der Waals surface area contributed by atoms with Crippen LogP contribution in [0.3, 0.4) is 0 Å². The topological polar surface area (TPSA) is 66.8 Å². The molecular formula is C19H27NO4. The maximum Gasteiger partial charge on any atom is 0.308 e. The van der Waals surface area contributed by atoms with Crippen LogP contribution in [0, 0.1) is 5.92 Å². The summed E-state index contributed by atoms with van der Waals surface area (Å²) in [5, 5.41) is 9.17. The van der Waals surface area contributed by atoms with E-state index >= 15 is 0 Å². The van der Waals surface area contributed by atoms with Crippen molar-refractivity contribution in [3.63, 3.8) is 0 Å². The number of amides is 1. The summed E-state index contributed by atoms with van der Waals surface area (Å²) in [4.78, 5) is 25.4. The molecule has 1 fully saturated rings. The number of piperidine rings is 1. The van der Waals surface area contributed by atoms with Crippen LogP contribution in [0.5, 0.6) is 5.75 Å². The molecule has 1 heterocycles. The van der Waals surface area contributed by atoms with Crippen LogP contribution in [0.2, 0.25) is 0 Å². The van der Waals surface area contributed by atoms with Crippen molar-refractivity contribution >= 4 is 11.9 Å². The van der Waals surface area contributed by atoms with Gasteiger partial charge in [-0.15, -0.1) is 0 Å². The molecule has 3 unspecified atom stereocenters. The van der Waals surface area contributed by atoms with Crippen LogP contribution in [0.1, 0.15) is 51.5 Å². The molecule has 0 spiro atoms. The van der Waals surface area contributed by atoms with E-state index in [-0.39, 0.29) is 12.5 Å². The largest absolute Gasteiger partial charge is 0.481 e. The van der Waals surface area contributed by atoms with Gasteiger partial charge in [-0.05, 0) is 43.7 Å². The molecule has 1 N–H and O–H groups in total. The molecule has 132 valence electrons. The van der Waals surface area contributed by atoms with E-state index in [4.69, 9.17) is 9.84 Å². The summed E-state index contributed by atoms with van der Waals surface area (Å²) in [5.74, 6) is -0.347. The van der Waals surface area contributed by atoms with Crippen LogP contribution in [0.15, 0.2) is 24.3 Å². The Hall–Kier alpha value is -2.04. The van der Waals surface area contributed by atoms with E-state index in [0.29, 0.717) is 18.9 Å². The van der Waals surface area contributed by atoms with E-state index in [1.807, 2.05) is 24.3 Å². The second kappa shape index (κ2) is 8.18. The first kappa shape index (κ1) is 18.3. The summed E-state index contributed by atoms with van der Waals surface area (Å²) in [6, 6.07) is 7.80. The molecular weight excluding hydrogens is 306 g/mol. The van der Waals surface area contributed by atoms with Gasteiger partial charge >= 0.3 is 5.97 Å². The predicted molar refractivity (Wildman–Crippen MR) is 92.2 cm³/mol. The SMILES string of the molecule is CCC(C)c1ccccc1OC(C)C(=O)N1CCCC(C(=O)O)C1. The molecule has 0 aromatic heterocycles. The minimum absolute atomic E-state index is 0.139. The van der Waals surface area contributed by atoms with Crippen molar-refractivity contribution in [2.45, 2.75) is 52.1 Å². The number of likely N-dealkylation sites (tertiary alicyclic amines) is 1. The lowest BCUT2D eigenvalue weighted by Crippen LogP contribution is -2.47. The van der Waals surface area contributed by atoms with Crippen LogP contribution in [-0.4, -0.2) is 41.1 Å². The second-order valence-corrected chi connectivity index (χ2v) is 6.57. The van der Waals surface area contributed by atoms with Crippen molar-refractivity contribution in [2.75, 3.05) is 13.1 Å². The van der Waals surface area contributed by atoms with Crippen molar-refractivity contribution < 1.29 is 19.4 Å². The first-order valence-electron chi connectivity index (χ1n) is 8.71. The molecule has 5 nitrogen and oxygen atoms in total. The van der Waals surface area contributed by atoms with Crippen molar-refractivity contribution in [3.8, 4) is 5.75 Å². The summed E-state index contributed by atoms with van der Waals surface area (Å²) in [5.41, 5.74) is 1.10. The number of hydrogen-bond donors (Lipinski definition) is 1. The van der Waals surface area contributed by atoms with Gasteiger partial charge in [-0.25, -0.2) is 0 Å². The van der Waals surface area contributed by atoms with E-state index in [2.05, 4.69) is 13.8 Å². The van der Waals surface area contributed by atoms with E-state index in [0.717, 1.165) is 24.2 Å². The lowest BCUT2D eigenvalue weighted by atomic mass is 9.97. The van der Waals surface area contributed by atoms with Gasteiger partial charge in [0.2, 0.25) is 0 Å². The molecule has 1 aromatic rings. The molecule has 1 amide bonds. The van der Waals surface area contributed by atoms with Crippen LogP contribution in [0.25, 0.3) is 0 Å². The molecule has 0 aliphatic carbocycles. The monoisotopic (exact) mass is 333 g/mol. The van der Waals surface area contributed by atoms with Crippen molar-refractivity contribution in [1.29, 1.82) is 0 Å². The Labute approximate surface area is 143 Å². The summed E-state index contributed by atoms with van der Waals surface area (Å²) in [6.07, 6.45) is 1.72. The van der Waals surface area contributed by atoms with Gasteiger partial charge in [0.15, 0.2) is 6.10 Å². The Kier molecular flexibility index (Phi) is 6.23. The molecule has 5 heteroatoms. The number of carbonyl (C=O) groups excluding carboxylic acids is 1. The van der Waals surface area contributed by atoms with Crippen LogP contribution >= 0.6 is 0 Å². The fraction of sp³-hybridized carbons (Fsp3) is 0.579. The van der Waals surface area contributed by atoms with Gasteiger partial charge in [-0.3, -0.25) is 9.59 Å². The smallest absolute Gasteiger partial charge is 0.308 e. The van der Waals surface area contributed by atoms with Crippen molar-refractivity contribution in [2.24, 2.45) is 5.92 Å². The average molecular weight is 333 g/mol. The number of rotatable bonds is 6. The molecule has 0 bridgehead atoms. The highest BCUT2D eigenvalue weighted by molar-refractivity contribution is 5.82. The average Bonchev–Trinajstić information content (AvgIpc) is 2.60. The van der Waals surface area contributed by atoms with E-state index < -0.39 is 18.0 Å². The quantitative estimate of drug-likeness (QED) is 0.867. The highest BCUT2D eigenvalue weighted by Gasteiger charge is 2.31. The maximum absolute atomic E-state index is 12.6. The Morgan fingerprint density at radius 2 is 2.04 bits per heavy atom. The normalized spacial score (nSPS) is 20.3. The number of ether oxygens (including phenoxy) is 1. The molecule has 1 aliphatic heterocycles. The fourth-order valence-electron chi connectivity index (χ4n) is 3.09. The van der Waals surface area contributed by atoms with Gasteiger partial charge < -0.3 is 14.7 Å². The van der Waals surface area contributed by atoms with Gasteiger partial charge in [-0.2, -0.15) is 0 Å². The highest BCUT2D eigenvalue weighted by atomic mass is 16.5. The Morgan fingerprint density at radius 3 is 2.71 bits per heavy atom. The number of nitrogens with zero attached hydrogens (tertiary/aromatic N) is 1. The van der Waals surface area contributed by atoms with E-state index in [1.165, 1.54) is 0 Å². The van der Waals surface area contributed by atoms with Gasteiger partial charge in [-0.1, -0.05) is 32.0 Å². The zero-order chi connectivity index (χ0) is 17.7. The zero-order valence-electron chi connectivity index (χ0n) is 14.7. The third kappa shape index (κ3) is 4.28. The zero-order valence-corrected chi connectivity index (χ0v) is 14.7. The van der Waals surface area contributed by atoms with Crippen LogP contribution in [-0.2, 0) is 9.59 Å². The third-order valence-electron chi connectivity index (χ3n) is 4.80. The minimum Gasteiger partial charge on any atom is -0.481 e. The van der Waals surface area contributed by atoms with Gasteiger partial charge in [0.05, 0.1) is 5.92 Å². The second-order valence-electron chi connectivity index (χ2n) is 6.57. The summed E-state index contributed by atoms with van der Waals surface area (Å²) in [7, 11) is 0. The fourth-order valence-corrected chi connectivity index (χ4v) is 3.09. The molecule has 24 heavy (non-hydrogen) atoms. The highest BCUT2D eigenvalue weighted by Crippen LogP contribution is 2.29. The summed E-state index contributed by atoms with van der Waals surface area (Å²) >= 11 is 0. The molecule has 0 radical (unpaired) electrons. The van der Waals surface area contributed by atoms with Crippen LogP contribution < -0.4 is 4.74 Å². The number of benzene rings is 1. The Balaban J connectivity index is 2.05. The van der Waals surface area contributed by atoms with Crippen molar-refractivity contribution in [3.05, 3.63) is 29.8 Å². The first-order valence-corrected chi connectivity index (χ1v) is 8.71. The number of carbonyl (C=O) groups is 2. The molecule has 1 aromatic carbocycles. The predicted octanol–water partition coefficient (Wildman–Crippen LogP) is 3.29. The molecule has 1 saturated heterocycles. The molecule has 0 saturated carbocycles. The summed E-state index contributed by atoms with van der Waals surface area (Å²) in [6.45, 7) is 6.87. The van der Waals surface area contributed by atoms with Gasteiger partial charge in [0.1, 0.15) is 5.75 Å². The Morgan fingerprint density at radius 1 is 1.33 bits per heavy atom. The van der Waals surface area contributed by atoms with Crippen LogP contribution in [0.4, 0.5) is 0 Å². The van der Waals surface area contributed by atoms with Crippen molar-refractivity contribution in [1.82, 2.24) is 4.90 Å². The number of aliphatic carboxylic acids is 1. The van der Waals surface area contributed by atoms with E-state index in [1.54, 1.807) is 11.8 Å². The standard InChI is InChI=1S/C19H27NO4/c1-4-13(2)16-9-5-6-10-17(16)24-14(3)18(21)20-11-7-8-15(12-20)19(22)23/h5-6,9-10,13-15H,4,7-8,11-12H2,1-3H3,(H,22,23). The minimum atomic E-state index is -0.830. The number of para-hydroxylation sites is 1. The number of carboxylic acids is 1. The Bertz CT molecular complexity index is 586. The van der Waals surface area contributed by atoms with E-state index in [9.17, 15) is 9.59 Å². The van der Waals surface area contributed by atoms with Gasteiger partial charge in [0.25, 0.3) is 5.91 Å². The maximum atomic E-state index is 12.6. The summed E-state index contributed by atoms with van der Waals surface area (Å²) < 4.78 is 5.94.